The summed E-state index contributed by atoms with van der Waals surface area (Å²) in [6.45, 7) is 6.86. The molecule has 0 aromatic carbocycles. The SMILES string of the molecule is CC(C)C(CCN)CCC(=O)N1CCc2sccc2C1. The van der Waals surface area contributed by atoms with Gasteiger partial charge in [-0.3, -0.25) is 4.79 Å². The third-order valence-electron chi connectivity index (χ3n) is 4.37. The van der Waals surface area contributed by atoms with E-state index in [2.05, 4.69) is 25.3 Å². The topological polar surface area (TPSA) is 46.3 Å². The molecule has 1 aromatic heterocycles. The summed E-state index contributed by atoms with van der Waals surface area (Å²) in [6, 6.07) is 2.16. The van der Waals surface area contributed by atoms with Crippen molar-refractivity contribution in [1.82, 2.24) is 4.90 Å². The number of fused-ring (bicyclic) bond motifs is 1. The lowest BCUT2D eigenvalue weighted by atomic mass is 9.88. The van der Waals surface area contributed by atoms with Crippen LogP contribution in [0.25, 0.3) is 0 Å². The summed E-state index contributed by atoms with van der Waals surface area (Å²) in [7, 11) is 0. The molecule has 1 unspecified atom stereocenters. The van der Waals surface area contributed by atoms with Crippen molar-refractivity contribution in [2.24, 2.45) is 17.6 Å². The maximum Gasteiger partial charge on any atom is 0.222 e. The lowest BCUT2D eigenvalue weighted by Crippen LogP contribution is -2.35. The maximum absolute atomic E-state index is 12.4. The molecule has 1 aromatic rings. The fourth-order valence-electron chi connectivity index (χ4n) is 2.95. The van der Waals surface area contributed by atoms with E-state index in [-0.39, 0.29) is 0 Å². The molecule has 4 heteroatoms. The highest BCUT2D eigenvalue weighted by molar-refractivity contribution is 7.10. The summed E-state index contributed by atoms with van der Waals surface area (Å²) in [5, 5.41) is 2.13. The Morgan fingerprint density at radius 2 is 2.25 bits per heavy atom. The van der Waals surface area contributed by atoms with Crippen LogP contribution in [0.3, 0.4) is 0 Å². The number of nitrogens with zero attached hydrogens (tertiary/aromatic N) is 1. The average molecular weight is 294 g/mol. The van der Waals surface area contributed by atoms with E-state index in [0.29, 0.717) is 24.2 Å². The van der Waals surface area contributed by atoms with E-state index in [1.54, 1.807) is 0 Å². The Balaban J connectivity index is 1.83. The third-order valence-corrected chi connectivity index (χ3v) is 5.39. The first-order valence-electron chi connectivity index (χ1n) is 7.65. The normalized spacial score (nSPS) is 16.3. The predicted octanol–water partition coefficient (Wildman–Crippen LogP) is 3.03. The highest BCUT2D eigenvalue weighted by Gasteiger charge is 2.22. The second kappa shape index (κ2) is 7.23. The van der Waals surface area contributed by atoms with E-state index in [9.17, 15) is 4.79 Å². The Labute approximate surface area is 126 Å². The molecule has 1 atom stereocenters. The van der Waals surface area contributed by atoms with Gasteiger partial charge in [-0.1, -0.05) is 13.8 Å². The van der Waals surface area contributed by atoms with Gasteiger partial charge in [0.2, 0.25) is 5.91 Å². The van der Waals surface area contributed by atoms with Gasteiger partial charge in [-0.2, -0.15) is 0 Å². The summed E-state index contributed by atoms with van der Waals surface area (Å²) >= 11 is 1.82. The van der Waals surface area contributed by atoms with Gasteiger partial charge in [0.05, 0.1) is 0 Å². The first-order chi connectivity index (χ1) is 9.61. The van der Waals surface area contributed by atoms with Gasteiger partial charge in [0.15, 0.2) is 0 Å². The predicted molar refractivity (Wildman–Crippen MR) is 84.7 cm³/mol. The maximum atomic E-state index is 12.4. The Morgan fingerprint density at radius 3 is 2.95 bits per heavy atom. The highest BCUT2D eigenvalue weighted by atomic mass is 32.1. The van der Waals surface area contributed by atoms with Gasteiger partial charge in [0.1, 0.15) is 0 Å². The van der Waals surface area contributed by atoms with Crippen LogP contribution in [0.5, 0.6) is 0 Å². The molecule has 3 nitrogen and oxygen atoms in total. The monoisotopic (exact) mass is 294 g/mol. The molecule has 0 fully saturated rings. The van der Waals surface area contributed by atoms with Crippen LogP contribution >= 0.6 is 11.3 Å². The quantitative estimate of drug-likeness (QED) is 0.876. The van der Waals surface area contributed by atoms with Gasteiger partial charge in [0, 0.05) is 24.4 Å². The molecule has 1 aliphatic heterocycles. The molecule has 0 radical (unpaired) electrons. The zero-order valence-electron chi connectivity index (χ0n) is 12.6. The Bertz CT molecular complexity index is 441. The van der Waals surface area contributed by atoms with Crippen LogP contribution in [0.4, 0.5) is 0 Å². The van der Waals surface area contributed by atoms with Crippen LogP contribution in [0.1, 0.15) is 43.6 Å². The lowest BCUT2D eigenvalue weighted by Gasteiger charge is -2.28. The van der Waals surface area contributed by atoms with Crippen molar-refractivity contribution in [3.63, 3.8) is 0 Å². The molecule has 0 spiro atoms. The van der Waals surface area contributed by atoms with Crippen molar-refractivity contribution in [2.75, 3.05) is 13.1 Å². The van der Waals surface area contributed by atoms with Gasteiger partial charge < -0.3 is 10.6 Å². The summed E-state index contributed by atoms with van der Waals surface area (Å²) in [6.07, 6.45) is 3.69. The number of hydrogen-bond acceptors (Lipinski definition) is 3. The van der Waals surface area contributed by atoms with Gasteiger partial charge in [-0.15, -0.1) is 11.3 Å². The van der Waals surface area contributed by atoms with Crippen molar-refractivity contribution in [1.29, 1.82) is 0 Å². The molecule has 20 heavy (non-hydrogen) atoms. The lowest BCUT2D eigenvalue weighted by molar-refractivity contribution is -0.132. The van der Waals surface area contributed by atoms with Gasteiger partial charge in [0.25, 0.3) is 0 Å². The molecule has 1 aliphatic rings. The number of thiophene rings is 1. The average Bonchev–Trinajstić information content (AvgIpc) is 2.89. The molecule has 0 bridgehead atoms. The number of rotatable bonds is 6. The van der Waals surface area contributed by atoms with Crippen molar-refractivity contribution in [3.05, 3.63) is 21.9 Å². The minimum atomic E-state index is 0.310. The first kappa shape index (κ1) is 15.5. The zero-order valence-corrected chi connectivity index (χ0v) is 13.4. The van der Waals surface area contributed by atoms with E-state index >= 15 is 0 Å². The molecule has 1 amide bonds. The van der Waals surface area contributed by atoms with Crippen molar-refractivity contribution in [2.45, 2.75) is 46.1 Å². The molecule has 0 saturated carbocycles. The zero-order chi connectivity index (χ0) is 14.5. The van der Waals surface area contributed by atoms with Gasteiger partial charge >= 0.3 is 0 Å². The van der Waals surface area contributed by atoms with E-state index in [1.165, 1.54) is 10.4 Å². The van der Waals surface area contributed by atoms with E-state index in [0.717, 1.165) is 38.9 Å². The Hall–Kier alpha value is -0.870. The van der Waals surface area contributed by atoms with Crippen molar-refractivity contribution < 1.29 is 4.79 Å². The van der Waals surface area contributed by atoms with Crippen LogP contribution in [0.15, 0.2) is 11.4 Å². The minimum Gasteiger partial charge on any atom is -0.338 e. The third kappa shape index (κ3) is 3.83. The molecule has 0 aliphatic carbocycles. The van der Waals surface area contributed by atoms with Gasteiger partial charge in [-0.25, -0.2) is 0 Å². The van der Waals surface area contributed by atoms with E-state index in [4.69, 9.17) is 5.73 Å². The van der Waals surface area contributed by atoms with Gasteiger partial charge in [-0.05, 0) is 54.7 Å². The summed E-state index contributed by atoms with van der Waals surface area (Å²) in [5.74, 6) is 1.49. The molecule has 0 saturated heterocycles. The highest BCUT2D eigenvalue weighted by Crippen LogP contribution is 2.26. The molecule has 2 heterocycles. The fourth-order valence-corrected chi connectivity index (χ4v) is 3.84. The standard InChI is InChI=1S/C16H26N2OS/c1-12(2)13(5-8-17)3-4-16(19)18-9-6-15-14(11-18)7-10-20-15/h7,10,12-13H,3-6,8-9,11,17H2,1-2H3. The number of hydrogen-bond donors (Lipinski definition) is 1. The van der Waals surface area contributed by atoms with E-state index < -0.39 is 0 Å². The molecular formula is C16H26N2OS. The largest absolute Gasteiger partial charge is 0.338 e. The van der Waals surface area contributed by atoms with E-state index in [1.807, 2.05) is 16.2 Å². The molecule has 2 rings (SSSR count). The fraction of sp³-hybridized carbons (Fsp3) is 0.688. The minimum absolute atomic E-state index is 0.310. The second-order valence-electron chi connectivity index (χ2n) is 6.05. The second-order valence-corrected chi connectivity index (χ2v) is 7.06. The summed E-state index contributed by atoms with van der Waals surface area (Å²) < 4.78 is 0. The number of amides is 1. The van der Waals surface area contributed by atoms with Crippen molar-refractivity contribution in [3.8, 4) is 0 Å². The first-order valence-corrected chi connectivity index (χ1v) is 8.53. The van der Waals surface area contributed by atoms with Crippen LogP contribution < -0.4 is 5.73 Å². The van der Waals surface area contributed by atoms with Crippen LogP contribution in [0.2, 0.25) is 0 Å². The number of carbonyl (C=O) groups excluding carboxylic acids is 1. The van der Waals surface area contributed by atoms with Crippen LogP contribution in [-0.4, -0.2) is 23.9 Å². The molecular weight excluding hydrogens is 268 g/mol. The Morgan fingerprint density at radius 1 is 1.45 bits per heavy atom. The number of nitrogens with two attached hydrogens (primary N) is 1. The number of carbonyl (C=O) groups is 1. The summed E-state index contributed by atoms with van der Waals surface area (Å²) in [4.78, 5) is 15.8. The molecule has 112 valence electrons. The Kier molecular flexibility index (Phi) is 5.61. The van der Waals surface area contributed by atoms with Crippen molar-refractivity contribution >= 4 is 17.2 Å². The molecule has 2 N–H and O–H groups in total. The smallest absolute Gasteiger partial charge is 0.222 e. The van der Waals surface area contributed by atoms with Crippen LogP contribution in [0, 0.1) is 11.8 Å². The summed E-state index contributed by atoms with van der Waals surface area (Å²) in [5.41, 5.74) is 7.01. The van der Waals surface area contributed by atoms with Crippen LogP contribution in [-0.2, 0) is 17.8 Å².